The fourth-order valence-electron chi connectivity index (χ4n) is 1.93. The Labute approximate surface area is 127 Å². The number of nitrogens with zero attached hydrogens (tertiary/aromatic N) is 1. The van der Waals surface area contributed by atoms with E-state index in [2.05, 4.69) is 4.98 Å². The van der Waals surface area contributed by atoms with Gasteiger partial charge in [0.05, 0.1) is 16.3 Å². The fraction of sp³-hybridized carbons (Fsp3) is 0.143. The number of halogens is 5. The molecular weight excluding hydrogens is 326 g/mol. The number of aromatic carboxylic acids is 1. The summed E-state index contributed by atoms with van der Waals surface area (Å²) in [4.78, 5) is 14.6. The van der Waals surface area contributed by atoms with Crippen LogP contribution < -0.4 is 0 Å². The van der Waals surface area contributed by atoms with Crippen molar-refractivity contribution in [3.63, 3.8) is 0 Å². The van der Waals surface area contributed by atoms with Gasteiger partial charge in [-0.05, 0) is 36.8 Å². The van der Waals surface area contributed by atoms with Gasteiger partial charge >= 0.3 is 12.1 Å². The Bertz CT molecular complexity index is 759. The quantitative estimate of drug-likeness (QED) is 0.819. The van der Waals surface area contributed by atoms with Gasteiger partial charge in [-0.25, -0.2) is 14.2 Å². The largest absolute Gasteiger partial charge is 0.476 e. The summed E-state index contributed by atoms with van der Waals surface area (Å²) in [5, 5.41) is 8.77. The molecule has 0 bridgehead atoms. The number of aromatic nitrogens is 1. The number of pyridine rings is 1. The van der Waals surface area contributed by atoms with Gasteiger partial charge in [0.2, 0.25) is 0 Å². The van der Waals surface area contributed by atoms with Crippen molar-refractivity contribution in [3.05, 3.63) is 51.9 Å². The van der Waals surface area contributed by atoms with E-state index in [0.717, 1.165) is 19.1 Å². The third-order valence-electron chi connectivity index (χ3n) is 3.02. The van der Waals surface area contributed by atoms with Crippen molar-refractivity contribution in [1.82, 2.24) is 4.98 Å². The van der Waals surface area contributed by atoms with E-state index in [-0.39, 0.29) is 16.3 Å². The van der Waals surface area contributed by atoms with Crippen LogP contribution in [0.5, 0.6) is 0 Å². The van der Waals surface area contributed by atoms with Crippen LogP contribution in [0.3, 0.4) is 0 Å². The number of rotatable bonds is 2. The third-order valence-corrected chi connectivity index (χ3v) is 3.32. The second kappa shape index (κ2) is 5.57. The van der Waals surface area contributed by atoms with E-state index >= 15 is 0 Å². The van der Waals surface area contributed by atoms with E-state index in [9.17, 15) is 22.4 Å². The molecule has 0 saturated carbocycles. The summed E-state index contributed by atoms with van der Waals surface area (Å²) < 4.78 is 52.3. The molecule has 0 fully saturated rings. The molecular formula is C14H8ClF4NO2. The topological polar surface area (TPSA) is 50.2 Å². The highest BCUT2D eigenvalue weighted by molar-refractivity contribution is 6.33. The molecule has 2 aromatic rings. The minimum atomic E-state index is -4.68. The number of benzene rings is 1. The highest BCUT2D eigenvalue weighted by Crippen LogP contribution is 2.36. The SMILES string of the molecule is Cc1c(C(F)(F)F)ccc(-c2ccc(Cl)c(C(=O)O)n2)c1F. The zero-order chi connectivity index (χ0) is 16.7. The molecule has 3 nitrogen and oxygen atoms in total. The Balaban J connectivity index is 2.62. The molecule has 1 aromatic carbocycles. The zero-order valence-electron chi connectivity index (χ0n) is 11.0. The van der Waals surface area contributed by atoms with E-state index in [4.69, 9.17) is 16.7 Å². The maximum atomic E-state index is 14.2. The first-order chi connectivity index (χ1) is 10.1. The molecule has 0 aliphatic carbocycles. The number of alkyl halides is 3. The van der Waals surface area contributed by atoms with Crippen LogP contribution in [0, 0.1) is 12.7 Å². The first kappa shape index (κ1) is 16.2. The summed E-state index contributed by atoms with van der Waals surface area (Å²) in [5.74, 6) is -2.53. The van der Waals surface area contributed by atoms with Crippen molar-refractivity contribution in [2.24, 2.45) is 0 Å². The molecule has 0 aliphatic rings. The second-order valence-electron chi connectivity index (χ2n) is 4.43. The molecule has 8 heteroatoms. The van der Waals surface area contributed by atoms with Crippen LogP contribution in [-0.2, 0) is 6.18 Å². The molecule has 116 valence electrons. The van der Waals surface area contributed by atoms with Gasteiger partial charge in [0.1, 0.15) is 5.82 Å². The molecule has 0 spiro atoms. The van der Waals surface area contributed by atoms with Gasteiger partial charge in [0.25, 0.3) is 0 Å². The van der Waals surface area contributed by atoms with Crippen LogP contribution in [0.25, 0.3) is 11.3 Å². The van der Waals surface area contributed by atoms with Gasteiger partial charge in [0, 0.05) is 5.56 Å². The molecule has 1 N–H and O–H groups in total. The average Bonchev–Trinajstić information content (AvgIpc) is 2.41. The summed E-state index contributed by atoms with van der Waals surface area (Å²) in [7, 11) is 0. The predicted molar refractivity (Wildman–Crippen MR) is 71.3 cm³/mol. The minimum Gasteiger partial charge on any atom is -0.476 e. The first-order valence-electron chi connectivity index (χ1n) is 5.89. The van der Waals surface area contributed by atoms with Gasteiger partial charge in [0.15, 0.2) is 5.69 Å². The molecule has 1 heterocycles. The first-order valence-corrected chi connectivity index (χ1v) is 6.27. The van der Waals surface area contributed by atoms with E-state index in [1.165, 1.54) is 12.1 Å². The van der Waals surface area contributed by atoms with Crippen molar-refractivity contribution < 1.29 is 27.5 Å². The lowest BCUT2D eigenvalue weighted by Crippen LogP contribution is -2.10. The number of hydrogen-bond donors (Lipinski definition) is 1. The predicted octanol–water partition coefficient (Wildman–Crippen LogP) is 4.57. The normalized spacial score (nSPS) is 11.5. The molecule has 0 aliphatic heterocycles. The Hall–Kier alpha value is -2.15. The smallest absolute Gasteiger partial charge is 0.416 e. The Morgan fingerprint density at radius 2 is 1.86 bits per heavy atom. The molecule has 0 saturated heterocycles. The van der Waals surface area contributed by atoms with Gasteiger partial charge < -0.3 is 5.11 Å². The van der Waals surface area contributed by atoms with Gasteiger partial charge in [-0.3, -0.25) is 0 Å². The molecule has 0 unspecified atom stereocenters. The lowest BCUT2D eigenvalue weighted by Gasteiger charge is -2.13. The van der Waals surface area contributed by atoms with Crippen LogP contribution in [0.1, 0.15) is 21.6 Å². The average molecular weight is 334 g/mol. The number of hydrogen-bond acceptors (Lipinski definition) is 2. The van der Waals surface area contributed by atoms with Crippen LogP contribution in [0.15, 0.2) is 24.3 Å². The Morgan fingerprint density at radius 1 is 1.23 bits per heavy atom. The van der Waals surface area contributed by atoms with Crippen molar-refractivity contribution in [1.29, 1.82) is 0 Å². The van der Waals surface area contributed by atoms with E-state index in [1.54, 1.807) is 0 Å². The number of carboxylic acids is 1. The second-order valence-corrected chi connectivity index (χ2v) is 4.84. The summed E-state index contributed by atoms with van der Waals surface area (Å²) in [6, 6.07) is 4.07. The summed E-state index contributed by atoms with van der Waals surface area (Å²) >= 11 is 5.65. The van der Waals surface area contributed by atoms with Gasteiger partial charge in [-0.2, -0.15) is 13.2 Å². The van der Waals surface area contributed by atoms with Crippen molar-refractivity contribution in [2.75, 3.05) is 0 Å². The van der Waals surface area contributed by atoms with Crippen LogP contribution in [-0.4, -0.2) is 16.1 Å². The molecule has 22 heavy (non-hydrogen) atoms. The van der Waals surface area contributed by atoms with Crippen LogP contribution >= 0.6 is 11.6 Å². The highest BCUT2D eigenvalue weighted by atomic mass is 35.5. The van der Waals surface area contributed by atoms with Crippen LogP contribution in [0.4, 0.5) is 17.6 Å². The fourth-order valence-corrected chi connectivity index (χ4v) is 2.12. The molecule has 2 rings (SSSR count). The van der Waals surface area contributed by atoms with E-state index in [0.29, 0.717) is 0 Å². The summed E-state index contributed by atoms with van der Waals surface area (Å²) in [6.07, 6.45) is -4.68. The van der Waals surface area contributed by atoms with E-state index < -0.39 is 34.8 Å². The van der Waals surface area contributed by atoms with Crippen molar-refractivity contribution >= 4 is 17.6 Å². The monoisotopic (exact) mass is 333 g/mol. The lowest BCUT2D eigenvalue weighted by atomic mass is 10.0. The molecule has 0 radical (unpaired) electrons. The standard InChI is InChI=1S/C14H8ClF4NO2/c1-6-8(14(17,18)19)3-2-7(11(6)16)10-5-4-9(15)12(20-10)13(21)22/h2-5H,1H3,(H,21,22). The number of carbonyl (C=O) groups is 1. The molecule has 0 atom stereocenters. The maximum absolute atomic E-state index is 14.2. The molecule has 0 amide bonds. The van der Waals surface area contributed by atoms with Gasteiger partial charge in [-0.1, -0.05) is 11.6 Å². The maximum Gasteiger partial charge on any atom is 0.416 e. The highest BCUT2D eigenvalue weighted by Gasteiger charge is 2.34. The number of carboxylic acid groups (broad SMARTS) is 1. The summed E-state index contributed by atoms with van der Waals surface area (Å²) in [6.45, 7) is 0.996. The van der Waals surface area contributed by atoms with Crippen LogP contribution in [0.2, 0.25) is 5.02 Å². The van der Waals surface area contributed by atoms with Gasteiger partial charge in [-0.15, -0.1) is 0 Å². The Kier molecular flexibility index (Phi) is 4.10. The zero-order valence-corrected chi connectivity index (χ0v) is 11.8. The van der Waals surface area contributed by atoms with E-state index in [1.807, 2.05) is 0 Å². The lowest BCUT2D eigenvalue weighted by molar-refractivity contribution is -0.138. The van der Waals surface area contributed by atoms with Crippen molar-refractivity contribution in [3.8, 4) is 11.3 Å². The summed E-state index contributed by atoms with van der Waals surface area (Å²) in [5.41, 5.74) is -2.53. The van der Waals surface area contributed by atoms with Crippen molar-refractivity contribution in [2.45, 2.75) is 13.1 Å². The molecule has 1 aromatic heterocycles. The minimum absolute atomic E-state index is 0.115. The third kappa shape index (κ3) is 2.89. The Morgan fingerprint density at radius 3 is 2.41 bits per heavy atom.